The number of rotatable bonds is 14. The minimum Gasteiger partial charge on any atom is -0.480 e. The van der Waals surface area contributed by atoms with Gasteiger partial charge in [0.25, 0.3) is 5.91 Å². The van der Waals surface area contributed by atoms with Gasteiger partial charge in [0.05, 0.1) is 12.0 Å². The first-order valence-corrected chi connectivity index (χ1v) is 16.4. The number of halogens is 7. The highest BCUT2D eigenvalue weighted by Crippen LogP contribution is 2.48. The SMILES string of the molecule is O=C(NC[C@H](NC(=O)c1ccc(Nc2nc(NC3(c4ccc(Cl)cc4)CC3)nc(OCC(F)(F)F)n2)cc1)C(=O)O)C(=O)Nc1ccc(CC(F)(F)F)cc1. The van der Waals surface area contributed by atoms with Crippen molar-refractivity contribution >= 4 is 58.6 Å². The Bertz CT molecular complexity index is 2030. The lowest BCUT2D eigenvalue weighted by Gasteiger charge is -2.19. The molecule has 4 aromatic rings. The molecule has 14 nitrogen and oxygen atoms in total. The van der Waals surface area contributed by atoms with Gasteiger partial charge in [-0.15, -0.1) is 0 Å². The minimum atomic E-state index is -4.68. The van der Waals surface area contributed by atoms with Gasteiger partial charge < -0.3 is 36.4 Å². The van der Waals surface area contributed by atoms with Crippen molar-refractivity contribution in [2.24, 2.45) is 0 Å². The van der Waals surface area contributed by atoms with Crippen LogP contribution in [0.1, 0.15) is 34.3 Å². The Morgan fingerprint density at radius 3 is 2.00 bits per heavy atom. The van der Waals surface area contributed by atoms with E-state index < -0.39 is 73.2 Å². The summed E-state index contributed by atoms with van der Waals surface area (Å²) in [5.41, 5.74) is 0.412. The number of carboxylic acid groups (broad SMARTS) is 1. The largest absolute Gasteiger partial charge is 0.480 e. The van der Waals surface area contributed by atoms with Crippen LogP contribution in [0, 0.1) is 0 Å². The number of ether oxygens (including phenoxy) is 1. The zero-order valence-electron chi connectivity index (χ0n) is 28.0. The van der Waals surface area contributed by atoms with Gasteiger partial charge in [0.15, 0.2) is 6.61 Å². The zero-order chi connectivity index (χ0) is 40.0. The maximum Gasteiger partial charge on any atom is 0.422 e. The first-order valence-electron chi connectivity index (χ1n) is 16.0. The highest BCUT2D eigenvalue weighted by molar-refractivity contribution is 6.39. The van der Waals surface area contributed by atoms with Crippen LogP contribution in [0.25, 0.3) is 0 Å². The van der Waals surface area contributed by atoms with Crippen LogP contribution >= 0.6 is 11.6 Å². The maximum absolute atomic E-state index is 12.9. The standard InChI is InChI=1S/C34H29ClF6N8O6/c35-21-7-5-20(6-8-21)32(13-14-32)49-30-46-29(47-31(48-30)55-17-34(39,40)41)44-23-11-3-19(4-12-23)25(50)45-24(28(53)54)16-42-26(51)27(52)43-22-9-1-18(2-10-22)15-33(36,37)38/h1-12,24H,13-17H2,(H,42,51)(H,43,52)(H,45,50)(H,53,54)(H2,44,46,47,48,49)/t24-/m0/s1. The molecule has 1 aromatic heterocycles. The lowest BCUT2D eigenvalue weighted by Crippen LogP contribution is -2.50. The lowest BCUT2D eigenvalue weighted by molar-refractivity contribution is -0.154. The maximum atomic E-state index is 12.9. The van der Waals surface area contributed by atoms with E-state index in [0.717, 1.165) is 29.8 Å². The number of carboxylic acids is 1. The van der Waals surface area contributed by atoms with Crippen LogP contribution in [-0.2, 0) is 26.3 Å². The zero-order valence-corrected chi connectivity index (χ0v) is 28.8. The number of alkyl halides is 6. The number of nitrogens with one attached hydrogen (secondary N) is 5. The molecule has 21 heteroatoms. The molecule has 6 N–H and O–H groups in total. The Kier molecular flexibility index (Phi) is 12.0. The average molecular weight is 795 g/mol. The van der Waals surface area contributed by atoms with Crippen LogP contribution in [0.5, 0.6) is 6.01 Å². The van der Waals surface area contributed by atoms with Crippen molar-refractivity contribution < 1.29 is 55.4 Å². The molecule has 0 aliphatic heterocycles. The van der Waals surface area contributed by atoms with Gasteiger partial charge in [0.1, 0.15) is 6.04 Å². The molecule has 1 heterocycles. The lowest BCUT2D eigenvalue weighted by atomic mass is 10.1. The van der Waals surface area contributed by atoms with Crippen LogP contribution in [0.2, 0.25) is 5.02 Å². The van der Waals surface area contributed by atoms with Crippen LogP contribution in [-0.4, -0.2) is 75.3 Å². The number of nitrogens with zero attached hydrogens (tertiary/aromatic N) is 3. The summed E-state index contributed by atoms with van der Waals surface area (Å²) in [5.74, 6) is -5.25. The summed E-state index contributed by atoms with van der Waals surface area (Å²) in [4.78, 5) is 61.4. The van der Waals surface area contributed by atoms with Crippen molar-refractivity contribution in [1.82, 2.24) is 25.6 Å². The first-order chi connectivity index (χ1) is 25.9. The van der Waals surface area contributed by atoms with Crippen molar-refractivity contribution in [2.75, 3.05) is 29.1 Å². The number of aliphatic carboxylic acids is 1. The highest BCUT2D eigenvalue weighted by Gasteiger charge is 2.45. The number of anilines is 4. The van der Waals surface area contributed by atoms with Gasteiger partial charge in [0.2, 0.25) is 11.9 Å². The summed E-state index contributed by atoms with van der Waals surface area (Å²) < 4.78 is 81.2. The van der Waals surface area contributed by atoms with Crippen molar-refractivity contribution in [2.45, 2.75) is 43.2 Å². The predicted octanol–water partition coefficient (Wildman–Crippen LogP) is 5.35. The van der Waals surface area contributed by atoms with E-state index in [2.05, 4.69) is 41.5 Å². The summed E-state index contributed by atoms with van der Waals surface area (Å²) in [6.07, 6.45) is -8.96. The van der Waals surface area contributed by atoms with Gasteiger partial charge in [-0.3, -0.25) is 14.4 Å². The Balaban J connectivity index is 1.19. The van der Waals surface area contributed by atoms with E-state index in [0.29, 0.717) is 17.9 Å². The van der Waals surface area contributed by atoms with Crippen molar-refractivity contribution in [3.05, 3.63) is 94.5 Å². The average Bonchev–Trinajstić information content (AvgIpc) is 3.89. The fourth-order valence-corrected chi connectivity index (χ4v) is 5.07. The van der Waals surface area contributed by atoms with E-state index >= 15 is 0 Å². The van der Waals surface area contributed by atoms with Crippen LogP contribution in [0.4, 0.5) is 49.6 Å². The van der Waals surface area contributed by atoms with Crippen LogP contribution in [0.3, 0.4) is 0 Å². The number of carbonyl (C=O) groups is 4. The number of carbonyl (C=O) groups excluding carboxylic acids is 3. The van der Waals surface area contributed by atoms with Gasteiger partial charge >= 0.3 is 36.1 Å². The molecule has 1 atom stereocenters. The van der Waals surface area contributed by atoms with Gasteiger partial charge in [-0.25, -0.2) is 4.79 Å². The summed E-state index contributed by atoms with van der Waals surface area (Å²) in [7, 11) is 0. The minimum absolute atomic E-state index is 0.00994. The molecule has 3 amide bonds. The van der Waals surface area contributed by atoms with E-state index in [1.54, 1.807) is 24.3 Å². The van der Waals surface area contributed by atoms with Crippen molar-refractivity contribution in [3.63, 3.8) is 0 Å². The summed E-state index contributed by atoms with van der Waals surface area (Å²) in [5, 5.41) is 22.5. The van der Waals surface area contributed by atoms with E-state index in [1.165, 1.54) is 24.3 Å². The Morgan fingerprint density at radius 2 is 1.42 bits per heavy atom. The Morgan fingerprint density at radius 1 is 0.800 bits per heavy atom. The summed E-state index contributed by atoms with van der Waals surface area (Å²) in [6.45, 7) is -2.38. The molecule has 0 spiro atoms. The Labute approximate surface area is 312 Å². The quantitative estimate of drug-likeness (QED) is 0.0711. The fraction of sp³-hybridized carbons (Fsp3) is 0.265. The molecule has 0 saturated heterocycles. The molecule has 55 heavy (non-hydrogen) atoms. The van der Waals surface area contributed by atoms with Crippen molar-refractivity contribution in [1.29, 1.82) is 0 Å². The fourth-order valence-electron chi connectivity index (χ4n) is 4.95. The molecule has 0 unspecified atom stereocenters. The summed E-state index contributed by atoms with van der Waals surface area (Å²) >= 11 is 6.00. The highest BCUT2D eigenvalue weighted by atomic mass is 35.5. The topological polar surface area (TPSA) is 197 Å². The number of benzene rings is 3. The van der Waals surface area contributed by atoms with Gasteiger partial charge in [-0.2, -0.15) is 41.3 Å². The van der Waals surface area contributed by atoms with E-state index in [-0.39, 0.29) is 34.4 Å². The molecule has 1 saturated carbocycles. The molecule has 1 fully saturated rings. The molecular weight excluding hydrogens is 766 g/mol. The summed E-state index contributed by atoms with van der Waals surface area (Å²) in [6, 6.07) is 14.5. The van der Waals surface area contributed by atoms with Crippen LogP contribution < -0.4 is 31.3 Å². The first kappa shape index (κ1) is 40.0. The Hall–Kier alpha value is -6.18. The normalized spacial score (nSPS) is 13.9. The molecule has 0 bridgehead atoms. The number of hydrogen-bond acceptors (Lipinski definition) is 10. The molecule has 1 aliphatic carbocycles. The monoisotopic (exact) mass is 794 g/mol. The second-order valence-corrected chi connectivity index (χ2v) is 12.5. The molecule has 1 aliphatic rings. The van der Waals surface area contributed by atoms with Gasteiger partial charge in [-0.1, -0.05) is 35.9 Å². The second kappa shape index (κ2) is 16.5. The van der Waals surface area contributed by atoms with E-state index in [4.69, 9.17) is 16.3 Å². The van der Waals surface area contributed by atoms with E-state index in [1.807, 2.05) is 0 Å². The van der Waals surface area contributed by atoms with E-state index in [9.17, 15) is 50.6 Å². The molecule has 290 valence electrons. The molecule has 0 radical (unpaired) electrons. The third-order valence-corrected chi connectivity index (χ3v) is 8.03. The predicted molar refractivity (Wildman–Crippen MR) is 184 cm³/mol. The smallest absolute Gasteiger partial charge is 0.422 e. The number of amides is 3. The molecular formula is C34H29ClF6N8O6. The third kappa shape index (κ3) is 11.9. The van der Waals surface area contributed by atoms with Gasteiger partial charge in [0, 0.05) is 28.5 Å². The molecule has 3 aromatic carbocycles. The molecule has 5 rings (SSSR count). The number of aromatic nitrogens is 3. The van der Waals surface area contributed by atoms with Crippen LogP contribution in [0.15, 0.2) is 72.8 Å². The second-order valence-electron chi connectivity index (χ2n) is 12.1. The third-order valence-electron chi connectivity index (χ3n) is 7.77. The van der Waals surface area contributed by atoms with Gasteiger partial charge in [-0.05, 0) is 72.5 Å². The van der Waals surface area contributed by atoms with Crippen molar-refractivity contribution in [3.8, 4) is 6.01 Å². The number of hydrogen-bond donors (Lipinski definition) is 6.